The molecule has 0 saturated carbocycles. The number of benzene rings is 1. The maximum absolute atomic E-state index is 8.71. The molecule has 0 atom stereocenters. The summed E-state index contributed by atoms with van der Waals surface area (Å²) in [5.74, 6) is 0.459. The normalized spacial score (nSPS) is 11.4. The summed E-state index contributed by atoms with van der Waals surface area (Å²) in [6, 6.07) is 11.4. The maximum atomic E-state index is 8.71. The predicted octanol–water partition coefficient (Wildman–Crippen LogP) is 1.65. The molecular weight excluding hydrogens is 242 g/mol. The molecule has 0 amide bonds. The summed E-state index contributed by atoms with van der Waals surface area (Å²) in [5, 5.41) is 11.7. The molecule has 6 nitrogen and oxygen atoms in total. The van der Waals surface area contributed by atoms with Gasteiger partial charge in [-0.3, -0.25) is 0 Å². The molecule has 19 heavy (non-hydrogen) atoms. The highest BCUT2D eigenvalue weighted by Crippen LogP contribution is 2.19. The van der Waals surface area contributed by atoms with Crippen LogP contribution in [0, 0.1) is 6.92 Å². The van der Waals surface area contributed by atoms with Crippen molar-refractivity contribution in [1.82, 2.24) is 9.97 Å². The average Bonchev–Trinajstić information content (AvgIpc) is 2.45. The van der Waals surface area contributed by atoms with E-state index < -0.39 is 0 Å². The molecule has 0 aliphatic heterocycles. The van der Waals surface area contributed by atoms with Crippen LogP contribution in [0.3, 0.4) is 0 Å². The lowest BCUT2D eigenvalue weighted by atomic mass is 10.3. The van der Waals surface area contributed by atoms with Gasteiger partial charge in [-0.1, -0.05) is 23.4 Å². The van der Waals surface area contributed by atoms with E-state index in [2.05, 4.69) is 15.1 Å². The number of oxime groups is 1. The maximum Gasteiger partial charge on any atom is 0.230 e. The van der Waals surface area contributed by atoms with E-state index >= 15 is 0 Å². The van der Waals surface area contributed by atoms with Crippen molar-refractivity contribution >= 4 is 17.5 Å². The predicted molar refractivity (Wildman–Crippen MR) is 73.8 cm³/mol. The van der Waals surface area contributed by atoms with Crippen molar-refractivity contribution in [2.45, 2.75) is 6.92 Å². The van der Waals surface area contributed by atoms with Crippen molar-refractivity contribution in [3.05, 3.63) is 47.8 Å². The quantitative estimate of drug-likeness (QED) is 0.378. The van der Waals surface area contributed by atoms with Crippen LogP contribution in [0.25, 0.3) is 0 Å². The first-order chi connectivity index (χ1) is 9.11. The molecule has 3 N–H and O–H groups in total. The Morgan fingerprint density at radius 2 is 1.95 bits per heavy atom. The average molecular weight is 257 g/mol. The van der Waals surface area contributed by atoms with Gasteiger partial charge in [0.1, 0.15) is 5.69 Å². The van der Waals surface area contributed by atoms with Gasteiger partial charge < -0.3 is 15.8 Å². The number of para-hydroxylation sites is 1. The Hall–Kier alpha value is -2.63. The molecule has 0 aliphatic rings. The van der Waals surface area contributed by atoms with Gasteiger partial charge >= 0.3 is 0 Å². The minimum atomic E-state index is -0.0341. The van der Waals surface area contributed by atoms with E-state index in [9.17, 15) is 0 Å². The topological polar surface area (TPSA) is 87.6 Å². The fourth-order valence-corrected chi connectivity index (χ4v) is 1.65. The Balaban J connectivity index is 2.43. The molecule has 0 spiro atoms. The third-order valence-electron chi connectivity index (χ3n) is 2.66. The lowest BCUT2D eigenvalue weighted by molar-refractivity contribution is 0.318. The van der Waals surface area contributed by atoms with Crippen LogP contribution < -0.4 is 10.6 Å². The largest absolute Gasteiger partial charge is 0.409 e. The van der Waals surface area contributed by atoms with E-state index in [-0.39, 0.29) is 5.84 Å². The first-order valence-electron chi connectivity index (χ1n) is 5.74. The van der Waals surface area contributed by atoms with Crippen molar-refractivity contribution in [2.24, 2.45) is 10.9 Å². The SMILES string of the molecule is Cc1cc(/C(N)=N/O)nc(N(C)c2ccccc2)n1. The van der Waals surface area contributed by atoms with Crippen LogP contribution in [0.15, 0.2) is 41.6 Å². The third kappa shape index (κ3) is 2.79. The molecule has 0 aliphatic carbocycles. The van der Waals surface area contributed by atoms with Gasteiger partial charge in [-0.15, -0.1) is 0 Å². The van der Waals surface area contributed by atoms with Gasteiger partial charge in [0, 0.05) is 18.4 Å². The molecule has 98 valence electrons. The van der Waals surface area contributed by atoms with Crippen molar-refractivity contribution in [2.75, 3.05) is 11.9 Å². The van der Waals surface area contributed by atoms with Crippen molar-refractivity contribution in [3.8, 4) is 0 Å². The first-order valence-corrected chi connectivity index (χ1v) is 5.74. The van der Waals surface area contributed by atoms with Crippen LogP contribution in [0.5, 0.6) is 0 Å². The molecule has 1 heterocycles. The van der Waals surface area contributed by atoms with Crippen LogP contribution in [-0.4, -0.2) is 28.1 Å². The summed E-state index contributed by atoms with van der Waals surface area (Å²) in [5.41, 5.74) is 7.66. The number of hydrogen-bond donors (Lipinski definition) is 2. The van der Waals surface area contributed by atoms with Crippen LogP contribution in [0.4, 0.5) is 11.6 Å². The molecular formula is C13H15N5O. The summed E-state index contributed by atoms with van der Waals surface area (Å²) < 4.78 is 0. The summed E-state index contributed by atoms with van der Waals surface area (Å²) in [6.45, 7) is 1.83. The van der Waals surface area contributed by atoms with E-state index in [1.165, 1.54) is 0 Å². The number of nitrogens with zero attached hydrogens (tertiary/aromatic N) is 4. The zero-order chi connectivity index (χ0) is 13.8. The first kappa shape index (κ1) is 12.8. The number of nitrogens with two attached hydrogens (primary N) is 1. The van der Waals surface area contributed by atoms with Crippen LogP contribution in [0.2, 0.25) is 0 Å². The van der Waals surface area contributed by atoms with Crippen LogP contribution >= 0.6 is 0 Å². The van der Waals surface area contributed by atoms with Gasteiger partial charge in [0.05, 0.1) is 0 Å². The van der Waals surface area contributed by atoms with Gasteiger partial charge in [-0.2, -0.15) is 0 Å². The second-order valence-corrected chi connectivity index (χ2v) is 4.07. The second kappa shape index (κ2) is 5.34. The van der Waals surface area contributed by atoms with Crippen molar-refractivity contribution < 1.29 is 5.21 Å². The van der Waals surface area contributed by atoms with Crippen molar-refractivity contribution in [1.29, 1.82) is 0 Å². The number of anilines is 2. The summed E-state index contributed by atoms with van der Waals surface area (Å²) in [6.07, 6.45) is 0. The standard InChI is InChI=1S/C13H15N5O/c1-9-8-11(12(14)17-19)16-13(15-9)18(2)10-6-4-3-5-7-10/h3-8,19H,1-2H3,(H2,14,17). The molecule has 2 rings (SSSR count). The van der Waals surface area contributed by atoms with Crippen LogP contribution in [0.1, 0.15) is 11.4 Å². The third-order valence-corrected chi connectivity index (χ3v) is 2.66. The molecule has 0 saturated heterocycles. The fourth-order valence-electron chi connectivity index (χ4n) is 1.65. The second-order valence-electron chi connectivity index (χ2n) is 4.07. The van der Waals surface area contributed by atoms with Gasteiger partial charge in [0.2, 0.25) is 5.95 Å². The molecule has 1 aromatic heterocycles. The number of rotatable bonds is 3. The molecule has 6 heteroatoms. The Kier molecular flexibility index (Phi) is 3.61. The van der Waals surface area contributed by atoms with Crippen LogP contribution in [-0.2, 0) is 0 Å². The zero-order valence-corrected chi connectivity index (χ0v) is 10.8. The Labute approximate surface area is 111 Å². The van der Waals surface area contributed by atoms with Gasteiger partial charge in [-0.25, -0.2) is 9.97 Å². The van der Waals surface area contributed by atoms with Gasteiger partial charge in [-0.05, 0) is 25.1 Å². The summed E-state index contributed by atoms with van der Waals surface area (Å²) in [7, 11) is 1.86. The number of aryl methyl sites for hydroxylation is 1. The van der Waals surface area contributed by atoms with E-state index in [0.717, 1.165) is 11.4 Å². The highest BCUT2D eigenvalue weighted by molar-refractivity contribution is 5.95. The van der Waals surface area contributed by atoms with Crippen molar-refractivity contribution in [3.63, 3.8) is 0 Å². The molecule has 0 unspecified atom stereocenters. The smallest absolute Gasteiger partial charge is 0.230 e. The zero-order valence-electron chi connectivity index (χ0n) is 10.8. The summed E-state index contributed by atoms with van der Waals surface area (Å²) in [4.78, 5) is 10.5. The molecule has 2 aromatic rings. The number of aromatic nitrogens is 2. The van der Waals surface area contributed by atoms with E-state index in [4.69, 9.17) is 10.9 Å². The fraction of sp³-hybridized carbons (Fsp3) is 0.154. The molecule has 0 bridgehead atoms. The lowest BCUT2D eigenvalue weighted by Gasteiger charge is -2.18. The van der Waals surface area contributed by atoms with E-state index in [0.29, 0.717) is 11.6 Å². The Morgan fingerprint density at radius 3 is 2.58 bits per heavy atom. The summed E-state index contributed by atoms with van der Waals surface area (Å²) >= 11 is 0. The minimum Gasteiger partial charge on any atom is -0.409 e. The van der Waals surface area contributed by atoms with Gasteiger partial charge in [0.25, 0.3) is 0 Å². The minimum absolute atomic E-state index is 0.0341. The molecule has 0 fully saturated rings. The molecule has 0 radical (unpaired) electrons. The monoisotopic (exact) mass is 257 g/mol. The van der Waals surface area contributed by atoms with E-state index in [1.54, 1.807) is 6.07 Å². The Bertz CT molecular complexity index is 597. The molecule has 1 aromatic carbocycles. The van der Waals surface area contributed by atoms with E-state index in [1.807, 2.05) is 49.2 Å². The number of hydrogen-bond acceptors (Lipinski definition) is 5. The van der Waals surface area contributed by atoms with Gasteiger partial charge in [0.15, 0.2) is 5.84 Å². The highest BCUT2D eigenvalue weighted by Gasteiger charge is 2.11. The Morgan fingerprint density at radius 1 is 1.26 bits per heavy atom. The number of amidine groups is 1. The highest BCUT2D eigenvalue weighted by atomic mass is 16.4. The lowest BCUT2D eigenvalue weighted by Crippen LogP contribution is -2.20.